The summed E-state index contributed by atoms with van der Waals surface area (Å²) in [5.41, 5.74) is 1.17. The number of aromatic amines is 1. The average Bonchev–Trinajstić information content (AvgIpc) is 3.30. The monoisotopic (exact) mass is 454 g/mol. The van der Waals surface area contributed by atoms with Crippen LogP contribution in [0.15, 0.2) is 54.6 Å². The number of nitrogens with one attached hydrogen (secondary N) is 2. The first-order chi connectivity index (χ1) is 15.5. The van der Waals surface area contributed by atoms with Gasteiger partial charge in [-0.1, -0.05) is 35.9 Å². The van der Waals surface area contributed by atoms with Crippen LogP contribution in [0.5, 0.6) is 11.5 Å². The topological polar surface area (TPSA) is 108 Å². The molecule has 3 N–H and O–H groups in total. The van der Waals surface area contributed by atoms with Crippen molar-refractivity contribution in [1.82, 2.24) is 20.4 Å². The molecular formula is C23H23ClN4O4. The molecule has 2 aromatic carbocycles. The molecule has 1 aliphatic heterocycles. The zero-order chi connectivity index (χ0) is 22.5. The van der Waals surface area contributed by atoms with Crippen LogP contribution in [0.25, 0.3) is 11.3 Å². The lowest BCUT2D eigenvalue weighted by Gasteiger charge is -2.32. The highest BCUT2D eigenvalue weighted by atomic mass is 35.5. The van der Waals surface area contributed by atoms with Gasteiger partial charge >= 0.3 is 0 Å². The van der Waals surface area contributed by atoms with Crippen molar-refractivity contribution in [3.05, 3.63) is 65.3 Å². The number of aromatic hydroxyl groups is 1. The second-order valence-corrected chi connectivity index (χ2v) is 7.90. The molecule has 2 amide bonds. The maximum atomic E-state index is 12.5. The highest BCUT2D eigenvalue weighted by Gasteiger charge is 2.25. The number of hydrogen-bond donors (Lipinski definition) is 3. The molecule has 0 aliphatic carbocycles. The Hall–Kier alpha value is -3.52. The van der Waals surface area contributed by atoms with Crippen molar-refractivity contribution >= 4 is 23.4 Å². The Labute approximate surface area is 190 Å². The van der Waals surface area contributed by atoms with Crippen LogP contribution in [0.3, 0.4) is 0 Å². The molecular weight excluding hydrogens is 432 g/mol. The quantitative estimate of drug-likeness (QED) is 0.530. The molecule has 1 fully saturated rings. The fourth-order valence-corrected chi connectivity index (χ4v) is 3.75. The first-order valence-electron chi connectivity index (χ1n) is 10.3. The third-order valence-electron chi connectivity index (χ3n) is 5.33. The van der Waals surface area contributed by atoms with Crippen molar-refractivity contribution in [2.24, 2.45) is 0 Å². The highest BCUT2D eigenvalue weighted by Crippen LogP contribution is 2.28. The number of phenolic OH excluding ortho intramolecular Hbond substituents is 1. The van der Waals surface area contributed by atoms with E-state index in [1.165, 1.54) is 6.07 Å². The van der Waals surface area contributed by atoms with Crippen LogP contribution in [0.2, 0.25) is 5.02 Å². The molecule has 8 nitrogen and oxygen atoms in total. The number of carbonyl (C=O) groups excluding carboxylic acids is 2. The zero-order valence-electron chi connectivity index (χ0n) is 17.3. The summed E-state index contributed by atoms with van der Waals surface area (Å²) < 4.78 is 5.95. The van der Waals surface area contributed by atoms with E-state index in [4.69, 9.17) is 16.3 Å². The molecule has 166 valence electrons. The van der Waals surface area contributed by atoms with Crippen LogP contribution < -0.4 is 10.1 Å². The zero-order valence-corrected chi connectivity index (χ0v) is 18.0. The van der Waals surface area contributed by atoms with Gasteiger partial charge in [0.2, 0.25) is 5.91 Å². The van der Waals surface area contributed by atoms with Crippen LogP contribution in [0.4, 0.5) is 0 Å². The summed E-state index contributed by atoms with van der Waals surface area (Å²) in [7, 11) is 0. The van der Waals surface area contributed by atoms with Crippen molar-refractivity contribution in [1.29, 1.82) is 0 Å². The van der Waals surface area contributed by atoms with Gasteiger partial charge in [0.25, 0.3) is 5.91 Å². The summed E-state index contributed by atoms with van der Waals surface area (Å²) in [4.78, 5) is 26.6. The summed E-state index contributed by atoms with van der Waals surface area (Å²) in [6, 6.07) is 15.6. The number of aromatic nitrogens is 2. The Balaban J connectivity index is 1.25. The molecule has 2 heterocycles. The van der Waals surface area contributed by atoms with E-state index in [2.05, 4.69) is 15.5 Å². The van der Waals surface area contributed by atoms with Crippen molar-refractivity contribution < 1.29 is 19.4 Å². The van der Waals surface area contributed by atoms with Gasteiger partial charge in [-0.3, -0.25) is 14.7 Å². The maximum absolute atomic E-state index is 12.5. The summed E-state index contributed by atoms with van der Waals surface area (Å²) >= 11 is 6.14. The number of benzene rings is 2. The molecule has 0 saturated carbocycles. The van der Waals surface area contributed by atoms with Crippen LogP contribution in [0, 0.1) is 0 Å². The molecule has 0 spiro atoms. The fraction of sp³-hybridized carbons (Fsp3) is 0.261. The minimum atomic E-state index is -0.440. The number of ether oxygens (including phenoxy) is 1. The van der Waals surface area contributed by atoms with Gasteiger partial charge in [-0.2, -0.15) is 5.10 Å². The molecule has 4 rings (SSSR count). The minimum Gasteiger partial charge on any atom is -0.507 e. The Bertz CT molecular complexity index is 1110. The standard InChI is InChI=1S/C23H23ClN4O4/c24-17-6-2-4-8-21(17)32-15-9-11-28(12-10-15)22(30)14-25-23(31)19-13-18(26-27-19)16-5-1-3-7-20(16)29/h1-8,13,15,29H,9-12,14H2,(H,25,31)(H,26,27). The summed E-state index contributed by atoms with van der Waals surface area (Å²) in [6.07, 6.45) is 1.37. The summed E-state index contributed by atoms with van der Waals surface area (Å²) in [5.74, 6) is 0.122. The van der Waals surface area contributed by atoms with Crippen LogP contribution in [-0.2, 0) is 4.79 Å². The van der Waals surface area contributed by atoms with Crippen molar-refractivity contribution in [2.45, 2.75) is 18.9 Å². The van der Waals surface area contributed by atoms with Crippen molar-refractivity contribution in [3.8, 4) is 22.8 Å². The number of nitrogens with zero attached hydrogens (tertiary/aromatic N) is 2. The number of H-pyrrole nitrogens is 1. The van der Waals surface area contributed by atoms with E-state index in [1.54, 1.807) is 35.2 Å². The Kier molecular flexibility index (Phi) is 6.61. The lowest BCUT2D eigenvalue weighted by atomic mass is 10.1. The van der Waals surface area contributed by atoms with Gasteiger partial charge in [0.05, 0.1) is 17.3 Å². The van der Waals surface area contributed by atoms with Crippen LogP contribution in [0.1, 0.15) is 23.3 Å². The molecule has 0 radical (unpaired) electrons. The normalized spacial score (nSPS) is 14.2. The summed E-state index contributed by atoms with van der Waals surface area (Å²) in [5, 5.41) is 19.8. The SMILES string of the molecule is O=C(NCC(=O)N1CCC(Oc2ccccc2Cl)CC1)c1cc(-c2ccccc2O)n[nH]1. The van der Waals surface area contributed by atoms with Gasteiger partial charge in [0.1, 0.15) is 23.3 Å². The highest BCUT2D eigenvalue weighted by molar-refractivity contribution is 6.32. The number of hydrogen-bond acceptors (Lipinski definition) is 5. The number of rotatable bonds is 6. The van der Waals surface area contributed by atoms with E-state index < -0.39 is 5.91 Å². The molecule has 32 heavy (non-hydrogen) atoms. The average molecular weight is 455 g/mol. The number of piperidine rings is 1. The van der Waals surface area contributed by atoms with E-state index in [1.807, 2.05) is 18.2 Å². The molecule has 1 saturated heterocycles. The molecule has 9 heteroatoms. The van der Waals surface area contributed by atoms with E-state index in [0.717, 1.165) is 0 Å². The lowest BCUT2D eigenvalue weighted by molar-refractivity contribution is -0.131. The van der Waals surface area contributed by atoms with Crippen molar-refractivity contribution in [3.63, 3.8) is 0 Å². The molecule has 0 unspecified atom stereocenters. The molecule has 1 aliphatic rings. The molecule has 0 atom stereocenters. The van der Waals surface area contributed by atoms with Crippen molar-refractivity contribution in [2.75, 3.05) is 19.6 Å². The van der Waals surface area contributed by atoms with Gasteiger partial charge < -0.3 is 20.1 Å². The van der Waals surface area contributed by atoms with Gasteiger partial charge in [-0.15, -0.1) is 0 Å². The second kappa shape index (κ2) is 9.74. The first kappa shape index (κ1) is 21.7. The van der Waals surface area contributed by atoms with E-state index in [9.17, 15) is 14.7 Å². The Morgan fingerprint density at radius 1 is 1.16 bits per heavy atom. The lowest BCUT2D eigenvalue weighted by Crippen LogP contribution is -2.46. The number of para-hydroxylation sites is 2. The fourth-order valence-electron chi connectivity index (χ4n) is 3.57. The number of phenols is 1. The number of carbonyl (C=O) groups is 2. The van der Waals surface area contributed by atoms with E-state index >= 15 is 0 Å². The number of amides is 2. The molecule has 3 aromatic rings. The minimum absolute atomic E-state index is 0.00800. The Morgan fingerprint density at radius 2 is 1.88 bits per heavy atom. The largest absolute Gasteiger partial charge is 0.507 e. The first-order valence-corrected chi connectivity index (χ1v) is 10.7. The van der Waals surface area contributed by atoms with Crippen LogP contribution >= 0.6 is 11.6 Å². The number of halogens is 1. The molecule has 1 aromatic heterocycles. The summed E-state index contributed by atoms with van der Waals surface area (Å²) in [6.45, 7) is 0.983. The van der Waals surface area contributed by atoms with E-state index in [-0.39, 0.29) is 30.0 Å². The van der Waals surface area contributed by atoms with Gasteiger partial charge in [-0.25, -0.2) is 0 Å². The number of likely N-dealkylation sites (tertiary alicyclic amines) is 1. The second-order valence-electron chi connectivity index (χ2n) is 7.50. The predicted molar refractivity (Wildman–Crippen MR) is 120 cm³/mol. The maximum Gasteiger partial charge on any atom is 0.269 e. The van der Waals surface area contributed by atoms with E-state index in [0.29, 0.717) is 48.0 Å². The van der Waals surface area contributed by atoms with Gasteiger partial charge in [0.15, 0.2) is 0 Å². The third-order valence-corrected chi connectivity index (χ3v) is 5.64. The third kappa shape index (κ3) is 5.03. The molecule has 0 bridgehead atoms. The predicted octanol–water partition coefficient (Wildman–Crippen LogP) is 3.24. The van der Waals surface area contributed by atoms with Gasteiger partial charge in [0, 0.05) is 31.5 Å². The smallest absolute Gasteiger partial charge is 0.269 e. The Morgan fingerprint density at radius 3 is 2.62 bits per heavy atom. The van der Waals surface area contributed by atoms with Crippen LogP contribution in [-0.4, -0.2) is 57.8 Å². The van der Waals surface area contributed by atoms with Gasteiger partial charge in [-0.05, 0) is 30.3 Å².